The van der Waals surface area contributed by atoms with Gasteiger partial charge in [-0.25, -0.2) is 4.79 Å². The summed E-state index contributed by atoms with van der Waals surface area (Å²) in [6.07, 6.45) is 0. The summed E-state index contributed by atoms with van der Waals surface area (Å²) in [5.41, 5.74) is 1.02. The van der Waals surface area contributed by atoms with Crippen molar-refractivity contribution in [1.29, 1.82) is 0 Å². The van der Waals surface area contributed by atoms with E-state index in [-0.39, 0.29) is 0 Å². The summed E-state index contributed by atoms with van der Waals surface area (Å²) in [6.45, 7) is 2.59. The van der Waals surface area contributed by atoms with E-state index >= 15 is 0 Å². The number of hydrogen-bond donors (Lipinski definition) is 2. The number of nitrogens with one attached hydrogen (secondary N) is 1. The van der Waals surface area contributed by atoms with Gasteiger partial charge in [-0.1, -0.05) is 23.4 Å². The first-order valence-corrected chi connectivity index (χ1v) is 5.48. The maximum Gasteiger partial charge on any atom is 0.336 e. The molecule has 2 N–H and O–H groups in total. The van der Waals surface area contributed by atoms with E-state index in [4.69, 9.17) is 9.63 Å². The van der Waals surface area contributed by atoms with E-state index < -0.39 is 5.97 Å². The molecule has 0 radical (unpaired) electrons. The third-order valence-corrected chi connectivity index (χ3v) is 2.41. The maximum atomic E-state index is 11.0. The van der Waals surface area contributed by atoms with Crippen molar-refractivity contribution < 1.29 is 14.4 Å². The number of carboxylic acid groups (broad SMARTS) is 1. The van der Waals surface area contributed by atoms with Gasteiger partial charge in [0.15, 0.2) is 5.82 Å². The molecule has 0 amide bonds. The van der Waals surface area contributed by atoms with Crippen molar-refractivity contribution in [3.63, 3.8) is 0 Å². The standard InChI is InChI=1S/C12H13N3O3/c1-8-14-11(18-15-8)7-13-6-9-4-2-3-5-10(9)12(16)17/h2-5,13H,6-7H2,1H3,(H,16,17). The monoisotopic (exact) mass is 247 g/mol. The van der Waals surface area contributed by atoms with Crippen LogP contribution in [0.4, 0.5) is 0 Å². The lowest BCUT2D eigenvalue weighted by Gasteiger charge is -2.05. The Labute approximate surface area is 104 Å². The van der Waals surface area contributed by atoms with Crippen LogP contribution in [-0.4, -0.2) is 21.2 Å². The lowest BCUT2D eigenvalue weighted by molar-refractivity contribution is 0.0695. The topological polar surface area (TPSA) is 88.2 Å². The summed E-state index contributed by atoms with van der Waals surface area (Å²) >= 11 is 0. The summed E-state index contributed by atoms with van der Waals surface area (Å²) in [4.78, 5) is 15.0. The fraction of sp³-hybridized carbons (Fsp3) is 0.250. The van der Waals surface area contributed by atoms with Crippen molar-refractivity contribution >= 4 is 5.97 Å². The average molecular weight is 247 g/mol. The summed E-state index contributed by atoms with van der Waals surface area (Å²) in [6, 6.07) is 6.86. The molecule has 2 aromatic rings. The van der Waals surface area contributed by atoms with Crippen LogP contribution in [0.2, 0.25) is 0 Å². The average Bonchev–Trinajstić information content (AvgIpc) is 2.75. The van der Waals surface area contributed by atoms with E-state index in [0.29, 0.717) is 30.4 Å². The van der Waals surface area contributed by atoms with Gasteiger partial charge in [0, 0.05) is 6.54 Å². The molecule has 0 aliphatic heterocycles. The van der Waals surface area contributed by atoms with Gasteiger partial charge in [0.25, 0.3) is 0 Å². The van der Waals surface area contributed by atoms with Gasteiger partial charge in [-0.3, -0.25) is 0 Å². The van der Waals surface area contributed by atoms with Gasteiger partial charge in [-0.2, -0.15) is 4.98 Å². The Hall–Kier alpha value is -2.21. The smallest absolute Gasteiger partial charge is 0.336 e. The van der Waals surface area contributed by atoms with E-state index in [0.717, 1.165) is 5.56 Å². The number of rotatable bonds is 5. The molecule has 0 aliphatic carbocycles. The molecule has 0 saturated carbocycles. The molecule has 0 saturated heterocycles. The highest BCUT2D eigenvalue weighted by Crippen LogP contribution is 2.08. The van der Waals surface area contributed by atoms with Crippen LogP contribution in [-0.2, 0) is 13.1 Å². The molecule has 0 fully saturated rings. The molecule has 6 nitrogen and oxygen atoms in total. The molecular formula is C12H13N3O3. The third-order valence-electron chi connectivity index (χ3n) is 2.41. The Morgan fingerprint density at radius 1 is 1.39 bits per heavy atom. The fourth-order valence-corrected chi connectivity index (χ4v) is 1.60. The van der Waals surface area contributed by atoms with Gasteiger partial charge in [-0.05, 0) is 18.6 Å². The van der Waals surface area contributed by atoms with E-state index in [2.05, 4.69) is 15.5 Å². The summed E-state index contributed by atoms with van der Waals surface area (Å²) in [5, 5.41) is 15.8. The summed E-state index contributed by atoms with van der Waals surface area (Å²) in [5.74, 6) is 0.138. The first-order valence-electron chi connectivity index (χ1n) is 5.48. The zero-order valence-electron chi connectivity index (χ0n) is 9.88. The highest BCUT2D eigenvalue weighted by Gasteiger charge is 2.09. The highest BCUT2D eigenvalue weighted by atomic mass is 16.5. The van der Waals surface area contributed by atoms with Crippen LogP contribution in [0.1, 0.15) is 27.6 Å². The third kappa shape index (κ3) is 2.92. The second-order valence-corrected chi connectivity index (χ2v) is 3.80. The Kier molecular flexibility index (Phi) is 3.69. The molecule has 0 aliphatic rings. The predicted octanol–water partition coefficient (Wildman–Crippen LogP) is 1.37. The van der Waals surface area contributed by atoms with Gasteiger partial charge >= 0.3 is 5.97 Å². The molecule has 6 heteroatoms. The normalized spacial score (nSPS) is 10.5. The summed E-state index contributed by atoms with van der Waals surface area (Å²) < 4.78 is 4.94. The molecule has 0 bridgehead atoms. The van der Waals surface area contributed by atoms with Crippen LogP contribution in [0.15, 0.2) is 28.8 Å². The molecule has 18 heavy (non-hydrogen) atoms. The van der Waals surface area contributed by atoms with Crippen LogP contribution in [0.3, 0.4) is 0 Å². The van der Waals surface area contributed by atoms with Gasteiger partial charge < -0.3 is 14.9 Å². The van der Waals surface area contributed by atoms with Crippen molar-refractivity contribution in [2.75, 3.05) is 0 Å². The molecule has 1 heterocycles. The molecule has 1 aromatic heterocycles. The number of benzene rings is 1. The molecule has 94 valence electrons. The van der Waals surface area contributed by atoms with Crippen LogP contribution in [0.25, 0.3) is 0 Å². The summed E-state index contributed by atoms with van der Waals surface area (Å²) in [7, 11) is 0. The minimum Gasteiger partial charge on any atom is -0.478 e. The van der Waals surface area contributed by atoms with Gasteiger partial charge in [0.05, 0.1) is 12.1 Å². The lowest BCUT2D eigenvalue weighted by atomic mass is 10.1. The lowest BCUT2D eigenvalue weighted by Crippen LogP contribution is -2.15. The molecule has 0 spiro atoms. The van der Waals surface area contributed by atoms with Crippen LogP contribution in [0.5, 0.6) is 0 Å². The van der Waals surface area contributed by atoms with E-state index in [1.165, 1.54) is 0 Å². The highest BCUT2D eigenvalue weighted by molar-refractivity contribution is 5.89. The van der Waals surface area contributed by atoms with Crippen molar-refractivity contribution in [2.24, 2.45) is 0 Å². The zero-order valence-corrected chi connectivity index (χ0v) is 9.88. The largest absolute Gasteiger partial charge is 0.478 e. The second-order valence-electron chi connectivity index (χ2n) is 3.80. The first-order chi connectivity index (χ1) is 8.66. The fourth-order valence-electron chi connectivity index (χ4n) is 1.60. The minimum absolute atomic E-state index is 0.298. The molecule has 1 aromatic carbocycles. The van der Waals surface area contributed by atoms with Gasteiger partial charge in [0.1, 0.15) is 0 Å². The minimum atomic E-state index is -0.930. The number of nitrogens with zero attached hydrogens (tertiary/aromatic N) is 2. The van der Waals surface area contributed by atoms with E-state index in [9.17, 15) is 4.79 Å². The van der Waals surface area contributed by atoms with Crippen LogP contribution < -0.4 is 5.32 Å². The first kappa shape index (κ1) is 12.3. The molecule has 2 rings (SSSR count). The Morgan fingerprint density at radius 3 is 2.83 bits per heavy atom. The maximum absolute atomic E-state index is 11.0. The quantitative estimate of drug-likeness (QED) is 0.829. The van der Waals surface area contributed by atoms with Crippen molar-refractivity contribution in [2.45, 2.75) is 20.0 Å². The molecule has 0 atom stereocenters. The Morgan fingerprint density at radius 2 is 2.17 bits per heavy atom. The number of carboxylic acids is 1. The van der Waals surface area contributed by atoms with Crippen LogP contribution in [0, 0.1) is 6.92 Å². The molecular weight excluding hydrogens is 234 g/mol. The van der Waals surface area contributed by atoms with E-state index in [1.54, 1.807) is 31.2 Å². The van der Waals surface area contributed by atoms with Crippen molar-refractivity contribution in [1.82, 2.24) is 15.5 Å². The van der Waals surface area contributed by atoms with Crippen molar-refractivity contribution in [3.8, 4) is 0 Å². The number of hydrogen-bond acceptors (Lipinski definition) is 5. The van der Waals surface area contributed by atoms with Crippen molar-refractivity contribution in [3.05, 3.63) is 47.1 Å². The predicted molar refractivity (Wildman–Crippen MR) is 63.0 cm³/mol. The Balaban J connectivity index is 1.96. The van der Waals surface area contributed by atoms with E-state index in [1.807, 2.05) is 0 Å². The van der Waals surface area contributed by atoms with Crippen LogP contribution >= 0.6 is 0 Å². The van der Waals surface area contributed by atoms with Gasteiger partial charge in [0.2, 0.25) is 5.89 Å². The van der Waals surface area contributed by atoms with Gasteiger partial charge in [-0.15, -0.1) is 0 Å². The second kappa shape index (κ2) is 5.42. The zero-order chi connectivity index (χ0) is 13.0. The number of carbonyl (C=O) groups is 1. The number of aromatic carboxylic acids is 1. The number of aryl methyl sites for hydroxylation is 1. The molecule has 0 unspecified atom stereocenters. The number of aromatic nitrogens is 2. The SMILES string of the molecule is Cc1noc(CNCc2ccccc2C(=O)O)n1. The Bertz CT molecular complexity index is 551.